The molecule has 1 N–H and O–H groups in total. The average molecular weight is 294 g/mol. The lowest BCUT2D eigenvalue weighted by atomic mass is 9.67. The summed E-state index contributed by atoms with van der Waals surface area (Å²) in [5.41, 5.74) is -0.0723. The molecule has 110 valence electrons. The molecule has 5 heteroatoms. The maximum Gasteiger partial charge on any atom is 0.308 e. The largest absolute Gasteiger partial charge is 0.544 e. The first-order valence-corrected chi connectivity index (χ1v) is 10.2. The Hall–Kier alpha value is -1.33. The minimum Gasteiger partial charge on any atom is -0.544 e. The third-order valence-corrected chi connectivity index (χ3v) is 4.37. The molecule has 0 unspecified atom stereocenters. The first kappa shape index (κ1) is 15.1. The van der Waals surface area contributed by atoms with Crippen LogP contribution in [0.15, 0.2) is 24.3 Å². The monoisotopic (exact) mass is 294 g/mol. The van der Waals surface area contributed by atoms with E-state index in [-0.39, 0.29) is 11.9 Å². The van der Waals surface area contributed by atoms with Crippen LogP contribution in [0.3, 0.4) is 0 Å². The van der Waals surface area contributed by atoms with Gasteiger partial charge < -0.3 is 14.3 Å². The zero-order valence-corrected chi connectivity index (χ0v) is 13.5. The number of rotatable bonds is 4. The molecule has 0 aromatic heterocycles. The molecule has 1 aromatic carbocycles. The standard InChI is InChI=1S/C15H22O4Si/c1-18-14(16)11-9-15(17,10-11)12-5-7-13(8-6-12)19-20(2,3)4/h5-8,11,17H,9-10H2,1-4H3. The summed E-state index contributed by atoms with van der Waals surface area (Å²) in [6.07, 6.45) is 0.849. The van der Waals surface area contributed by atoms with Crippen LogP contribution < -0.4 is 4.43 Å². The highest BCUT2D eigenvalue weighted by molar-refractivity contribution is 6.70. The van der Waals surface area contributed by atoms with Crippen LogP contribution in [0.4, 0.5) is 0 Å². The Bertz CT molecular complexity index is 484. The molecule has 20 heavy (non-hydrogen) atoms. The van der Waals surface area contributed by atoms with Crippen LogP contribution in [0.1, 0.15) is 18.4 Å². The molecular formula is C15H22O4Si. The van der Waals surface area contributed by atoms with Crippen LogP contribution in [0.25, 0.3) is 0 Å². The Labute approximate surface area is 120 Å². The van der Waals surface area contributed by atoms with Gasteiger partial charge in [0.25, 0.3) is 0 Å². The fourth-order valence-electron chi connectivity index (χ4n) is 2.51. The van der Waals surface area contributed by atoms with E-state index in [1.54, 1.807) is 0 Å². The Morgan fingerprint density at radius 2 is 1.80 bits per heavy atom. The van der Waals surface area contributed by atoms with Crippen LogP contribution >= 0.6 is 0 Å². The molecule has 0 atom stereocenters. The number of benzene rings is 1. The van der Waals surface area contributed by atoms with Crippen molar-refractivity contribution >= 4 is 14.3 Å². The second kappa shape index (κ2) is 5.22. The van der Waals surface area contributed by atoms with E-state index in [1.165, 1.54) is 7.11 Å². The van der Waals surface area contributed by atoms with Gasteiger partial charge in [-0.2, -0.15) is 0 Å². The van der Waals surface area contributed by atoms with Gasteiger partial charge in [-0.3, -0.25) is 4.79 Å². The van der Waals surface area contributed by atoms with Crippen molar-refractivity contribution in [1.82, 2.24) is 0 Å². The predicted octanol–water partition coefficient (Wildman–Crippen LogP) is 2.67. The molecule has 0 heterocycles. The molecule has 0 spiro atoms. The molecule has 0 radical (unpaired) electrons. The van der Waals surface area contributed by atoms with Crippen molar-refractivity contribution in [2.45, 2.75) is 38.1 Å². The number of ether oxygens (including phenoxy) is 1. The van der Waals surface area contributed by atoms with Crippen molar-refractivity contribution in [3.05, 3.63) is 29.8 Å². The summed E-state index contributed by atoms with van der Waals surface area (Å²) in [5.74, 6) is 0.400. The lowest BCUT2D eigenvalue weighted by Crippen LogP contribution is -2.44. The zero-order valence-electron chi connectivity index (χ0n) is 12.5. The van der Waals surface area contributed by atoms with Gasteiger partial charge in [-0.1, -0.05) is 12.1 Å². The van der Waals surface area contributed by atoms with E-state index < -0.39 is 13.9 Å². The van der Waals surface area contributed by atoms with E-state index in [1.807, 2.05) is 24.3 Å². The van der Waals surface area contributed by atoms with E-state index in [2.05, 4.69) is 19.6 Å². The minimum atomic E-state index is -1.61. The van der Waals surface area contributed by atoms with Gasteiger partial charge in [-0.25, -0.2) is 0 Å². The van der Waals surface area contributed by atoms with Crippen molar-refractivity contribution in [3.63, 3.8) is 0 Å². The molecular weight excluding hydrogens is 272 g/mol. The van der Waals surface area contributed by atoms with Gasteiger partial charge in [0.1, 0.15) is 5.75 Å². The van der Waals surface area contributed by atoms with Gasteiger partial charge in [0.2, 0.25) is 8.32 Å². The maximum atomic E-state index is 11.4. The number of hydrogen-bond acceptors (Lipinski definition) is 4. The first-order chi connectivity index (χ1) is 9.23. The van der Waals surface area contributed by atoms with Crippen LogP contribution in [0.2, 0.25) is 19.6 Å². The lowest BCUT2D eigenvalue weighted by Gasteiger charge is -2.42. The van der Waals surface area contributed by atoms with Crippen molar-refractivity contribution in [2.24, 2.45) is 5.92 Å². The van der Waals surface area contributed by atoms with Crippen LogP contribution in [-0.2, 0) is 15.1 Å². The fraction of sp³-hybridized carbons (Fsp3) is 0.533. The maximum absolute atomic E-state index is 11.4. The van der Waals surface area contributed by atoms with Gasteiger partial charge in [0.05, 0.1) is 18.6 Å². The normalized spacial score (nSPS) is 25.8. The number of carbonyl (C=O) groups excluding carboxylic acids is 1. The molecule has 1 aliphatic rings. The third-order valence-electron chi connectivity index (χ3n) is 3.52. The van der Waals surface area contributed by atoms with E-state index in [0.717, 1.165) is 11.3 Å². The molecule has 1 aliphatic carbocycles. The number of methoxy groups -OCH3 is 1. The number of aliphatic hydroxyl groups is 1. The summed E-state index contributed by atoms with van der Waals surface area (Å²) in [5, 5.41) is 10.5. The summed E-state index contributed by atoms with van der Waals surface area (Å²) in [4.78, 5) is 11.4. The number of carbonyl (C=O) groups is 1. The Kier molecular flexibility index (Phi) is 3.93. The zero-order chi connectivity index (χ0) is 15.0. The van der Waals surface area contributed by atoms with Crippen molar-refractivity contribution in [3.8, 4) is 5.75 Å². The Morgan fingerprint density at radius 1 is 1.25 bits per heavy atom. The summed E-state index contributed by atoms with van der Waals surface area (Å²) < 4.78 is 10.6. The summed E-state index contributed by atoms with van der Waals surface area (Å²) >= 11 is 0. The second-order valence-corrected chi connectivity index (χ2v) is 10.8. The van der Waals surface area contributed by atoms with Crippen LogP contribution in [0, 0.1) is 5.92 Å². The molecule has 0 saturated heterocycles. The topological polar surface area (TPSA) is 55.8 Å². The predicted molar refractivity (Wildman–Crippen MR) is 79.1 cm³/mol. The van der Waals surface area contributed by atoms with Gasteiger partial charge in [-0.15, -0.1) is 0 Å². The van der Waals surface area contributed by atoms with Crippen LogP contribution in [-0.4, -0.2) is 26.5 Å². The van der Waals surface area contributed by atoms with E-state index in [0.29, 0.717) is 12.8 Å². The number of hydrogen-bond donors (Lipinski definition) is 1. The SMILES string of the molecule is COC(=O)C1CC(O)(c2ccc(O[Si](C)(C)C)cc2)C1. The Balaban J connectivity index is 2.03. The van der Waals surface area contributed by atoms with Gasteiger partial charge >= 0.3 is 5.97 Å². The van der Waals surface area contributed by atoms with Crippen molar-refractivity contribution < 1.29 is 19.1 Å². The summed E-state index contributed by atoms with van der Waals surface area (Å²) in [6, 6.07) is 7.53. The molecule has 1 saturated carbocycles. The van der Waals surface area contributed by atoms with E-state index in [9.17, 15) is 9.90 Å². The van der Waals surface area contributed by atoms with Gasteiger partial charge in [-0.05, 0) is 50.2 Å². The smallest absolute Gasteiger partial charge is 0.308 e. The fourth-order valence-corrected chi connectivity index (χ4v) is 3.35. The second-order valence-electron chi connectivity index (χ2n) is 6.40. The van der Waals surface area contributed by atoms with Gasteiger partial charge in [0, 0.05) is 0 Å². The minimum absolute atomic E-state index is 0.192. The molecule has 0 aliphatic heterocycles. The number of esters is 1. The van der Waals surface area contributed by atoms with E-state index in [4.69, 9.17) is 9.16 Å². The molecule has 4 nitrogen and oxygen atoms in total. The van der Waals surface area contributed by atoms with Crippen molar-refractivity contribution in [1.29, 1.82) is 0 Å². The molecule has 2 rings (SSSR count). The lowest BCUT2D eigenvalue weighted by molar-refractivity contribution is -0.163. The quantitative estimate of drug-likeness (QED) is 0.685. The average Bonchev–Trinajstić information content (AvgIpc) is 2.33. The van der Waals surface area contributed by atoms with Crippen LogP contribution in [0.5, 0.6) is 5.75 Å². The molecule has 1 aromatic rings. The highest BCUT2D eigenvalue weighted by atomic mass is 28.4. The first-order valence-electron chi connectivity index (χ1n) is 6.83. The van der Waals surface area contributed by atoms with Crippen molar-refractivity contribution in [2.75, 3.05) is 7.11 Å². The summed E-state index contributed by atoms with van der Waals surface area (Å²) in [6.45, 7) is 6.38. The molecule has 1 fully saturated rings. The van der Waals surface area contributed by atoms with E-state index >= 15 is 0 Å². The Morgan fingerprint density at radius 3 is 2.25 bits per heavy atom. The van der Waals surface area contributed by atoms with Gasteiger partial charge in [0.15, 0.2) is 0 Å². The summed E-state index contributed by atoms with van der Waals surface area (Å²) in [7, 11) is -0.233. The molecule has 0 amide bonds. The third kappa shape index (κ3) is 3.22. The highest BCUT2D eigenvalue weighted by Crippen LogP contribution is 2.46. The molecule has 0 bridgehead atoms. The highest BCUT2D eigenvalue weighted by Gasteiger charge is 2.47.